The lowest BCUT2D eigenvalue weighted by molar-refractivity contribution is 0.741. The number of aromatic nitrogens is 1. The molecule has 3 heteroatoms. The molecule has 1 unspecified atom stereocenters. The zero-order valence-electron chi connectivity index (χ0n) is 11.1. The number of halogens is 1. The van der Waals surface area contributed by atoms with Gasteiger partial charge in [-0.25, -0.2) is 0 Å². The lowest BCUT2D eigenvalue weighted by Crippen LogP contribution is -2.12. The first kappa shape index (κ1) is 13.3. The summed E-state index contributed by atoms with van der Waals surface area (Å²) in [5.74, 6) is 0. The minimum atomic E-state index is 0.274. The van der Waals surface area contributed by atoms with Crippen LogP contribution in [0.2, 0.25) is 0 Å². The van der Waals surface area contributed by atoms with Crippen molar-refractivity contribution in [1.82, 2.24) is 4.57 Å². The minimum Gasteiger partial charge on any atom is -0.305 e. The molecule has 18 heavy (non-hydrogen) atoms. The number of fused-ring (bicyclic) bond motifs is 1. The fraction of sp³-hybridized carbons (Fsp3) is 0.400. The maximum Gasteiger partial charge on any atom is 0.0941 e. The number of alkyl halides is 1. The zero-order chi connectivity index (χ0) is 13.1. The molecular formula is C15H19BrN2. The number of hydrogen-bond acceptors (Lipinski definition) is 1. The van der Waals surface area contributed by atoms with Gasteiger partial charge in [-0.05, 0) is 25.5 Å². The third-order valence-electron chi connectivity index (χ3n) is 3.27. The minimum absolute atomic E-state index is 0.274. The quantitative estimate of drug-likeness (QED) is 0.456. The Balaban J connectivity index is 2.42. The smallest absolute Gasteiger partial charge is 0.0941 e. The molecule has 96 valence electrons. The van der Waals surface area contributed by atoms with Crippen molar-refractivity contribution in [2.45, 2.75) is 38.1 Å². The van der Waals surface area contributed by atoms with E-state index in [0.29, 0.717) is 4.83 Å². The molecule has 0 fully saturated rings. The van der Waals surface area contributed by atoms with Crippen LogP contribution in [0.4, 0.5) is 0 Å². The number of nitrogens with zero attached hydrogens (tertiary/aromatic N) is 2. The van der Waals surface area contributed by atoms with Crippen molar-refractivity contribution in [3.63, 3.8) is 0 Å². The molecule has 2 aromatic rings. The number of para-hydroxylation sites is 1. The van der Waals surface area contributed by atoms with E-state index in [1.165, 1.54) is 16.6 Å². The third kappa shape index (κ3) is 2.66. The van der Waals surface area contributed by atoms with Gasteiger partial charge in [0.05, 0.1) is 17.9 Å². The van der Waals surface area contributed by atoms with E-state index in [2.05, 4.69) is 76.6 Å². The first-order chi connectivity index (χ1) is 8.63. The van der Waals surface area contributed by atoms with E-state index in [1.807, 2.05) is 6.34 Å². The second-order valence-corrected chi connectivity index (χ2v) is 6.05. The molecule has 0 spiro atoms. The Kier molecular flexibility index (Phi) is 4.23. The van der Waals surface area contributed by atoms with Gasteiger partial charge in [-0.3, -0.25) is 4.99 Å². The van der Waals surface area contributed by atoms with E-state index >= 15 is 0 Å². The number of rotatable bonds is 4. The highest BCUT2D eigenvalue weighted by Crippen LogP contribution is 2.19. The van der Waals surface area contributed by atoms with Crippen molar-refractivity contribution in [1.29, 1.82) is 0 Å². The lowest BCUT2D eigenvalue weighted by Gasteiger charge is -2.09. The van der Waals surface area contributed by atoms with E-state index < -0.39 is 0 Å². The first-order valence-electron chi connectivity index (χ1n) is 6.39. The van der Waals surface area contributed by atoms with Gasteiger partial charge in [0.1, 0.15) is 0 Å². The fourth-order valence-electron chi connectivity index (χ4n) is 1.93. The van der Waals surface area contributed by atoms with Crippen LogP contribution in [0.5, 0.6) is 0 Å². The summed E-state index contributed by atoms with van der Waals surface area (Å²) in [7, 11) is 0. The Labute approximate surface area is 117 Å². The molecule has 0 aliphatic rings. The molecule has 0 amide bonds. The number of hydrogen-bond donors (Lipinski definition) is 0. The Bertz CT molecular complexity index is 555. The van der Waals surface area contributed by atoms with Crippen LogP contribution in [-0.4, -0.2) is 21.8 Å². The monoisotopic (exact) mass is 306 g/mol. The fourth-order valence-corrected chi connectivity index (χ4v) is 2.07. The zero-order valence-corrected chi connectivity index (χ0v) is 12.7. The van der Waals surface area contributed by atoms with Crippen LogP contribution in [0.1, 0.15) is 26.5 Å². The summed E-state index contributed by atoms with van der Waals surface area (Å²) in [4.78, 5) is 5.01. The summed E-state index contributed by atoms with van der Waals surface area (Å²) in [6, 6.07) is 11.0. The Morgan fingerprint density at radius 1 is 1.33 bits per heavy atom. The summed E-state index contributed by atoms with van der Waals surface area (Å²) in [5.41, 5.74) is 2.53. The molecule has 0 N–H and O–H groups in total. The highest BCUT2D eigenvalue weighted by atomic mass is 79.9. The molecule has 2 nitrogen and oxygen atoms in total. The molecule has 2 rings (SSSR count). The van der Waals surface area contributed by atoms with Gasteiger partial charge < -0.3 is 4.57 Å². The molecule has 0 saturated carbocycles. The van der Waals surface area contributed by atoms with E-state index in [4.69, 9.17) is 0 Å². The summed E-state index contributed by atoms with van der Waals surface area (Å²) in [6.45, 7) is 6.42. The van der Waals surface area contributed by atoms with Crippen LogP contribution in [0.15, 0.2) is 35.3 Å². The summed E-state index contributed by atoms with van der Waals surface area (Å²) < 4.78 is 2.20. The van der Waals surface area contributed by atoms with E-state index in [9.17, 15) is 0 Å². The van der Waals surface area contributed by atoms with Crippen molar-refractivity contribution >= 4 is 33.2 Å². The van der Waals surface area contributed by atoms with Gasteiger partial charge >= 0.3 is 0 Å². The second kappa shape index (κ2) is 5.70. The van der Waals surface area contributed by atoms with Gasteiger partial charge in [0.25, 0.3) is 0 Å². The van der Waals surface area contributed by atoms with Crippen LogP contribution in [0, 0.1) is 0 Å². The molecule has 0 radical (unpaired) electrons. The van der Waals surface area contributed by atoms with Crippen molar-refractivity contribution in [3.05, 3.63) is 36.0 Å². The Morgan fingerprint density at radius 2 is 2.06 bits per heavy atom. The van der Waals surface area contributed by atoms with Crippen molar-refractivity contribution < 1.29 is 0 Å². The topological polar surface area (TPSA) is 17.3 Å². The van der Waals surface area contributed by atoms with E-state index in [-0.39, 0.29) is 6.04 Å². The van der Waals surface area contributed by atoms with Crippen LogP contribution < -0.4 is 0 Å². The molecule has 1 aromatic carbocycles. The summed E-state index contributed by atoms with van der Waals surface area (Å²) in [6.07, 6.45) is 2.97. The Morgan fingerprint density at radius 3 is 2.72 bits per heavy atom. The van der Waals surface area contributed by atoms with Gasteiger partial charge in [-0.1, -0.05) is 48.0 Å². The average molecular weight is 307 g/mol. The van der Waals surface area contributed by atoms with E-state index in [1.54, 1.807) is 0 Å². The van der Waals surface area contributed by atoms with E-state index in [0.717, 1.165) is 6.42 Å². The van der Waals surface area contributed by atoms with Gasteiger partial charge in [0, 0.05) is 15.9 Å². The molecule has 0 aliphatic heterocycles. The van der Waals surface area contributed by atoms with Crippen LogP contribution >= 0.6 is 15.9 Å². The summed E-state index contributed by atoms with van der Waals surface area (Å²) >= 11 is 3.57. The van der Waals surface area contributed by atoms with Crippen LogP contribution in [0.25, 0.3) is 10.9 Å². The van der Waals surface area contributed by atoms with Crippen LogP contribution in [0.3, 0.4) is 0 Å². The lowest BCUT2D eigenvalue weighted by atomic mass is 10.2. The normalized spacial score (nSPS) is 15.3. The van der Waals surface area contributed by atoms with Crippen molar-refractivity contribution in [2.75, 3.05) is 0 Å². The molecule has 0 saturated heterocycles. The maximum absolute atomic E-state index is 4.62. The molecule has 2 atom stereocenters. The van der Waals surface area contributed by atoms with Gasteiger partial charge in [0.15, 0.2) is 0 Å². The van der Waals surface area contributed by atoms with Crippen LogP contribution in [-0.2, 0) is 6.42 Å². The molecule has 0 bridgehead atoms. The largest absolute Gasteiger partial charge is 0.305 e. The Hall–Kier alpha value is -1.09. The molecule has 1 aromatic heterocycles. The molecular weight excluding hydrogens is 288 g/mol. The number of aliphatic imine (C=N–C) groups is 1. The molecule has 0 aliphatic carbocycles. The third-order valence-corrected chi connectivity index (χ3v) is 4.04. The van der Waals surface area contributed by atoms with Crippen molar-refractivity contribution in [2.24, 2.45) is 4.99 Å². The number of aryl methyl sites for hydroxylation is 1. The highest BCUT2D eigenvalue weighted by molar-refractivity contribution is 9.09. The highest BCUT2D eigenvalue weighted by Gasteiger charge is 2.07. The van der Waals surface area contributed by atoms with Gasteiger partial charge in [-0.15, -0.1) is 0 Å². The summed E-state index contributed by atoms with van der Waals surface area (Å²) in [5, 5.41) is 1.28. The van der Waals surface area contributed by atoms with Gasteiger partial charge in [-0.2, -0.15) is 0 Å². The predicted octanol–water partition coefficient (Wildman–Crippen LogP) is 4.25. The average Bonchev–Trinajstić information content (AvgIpc) is 2.73. The van der Waals surface area contributed by atoms with Crippen molar-refractivity contribution in [3.8, 4) is 0 Å². The first-order valence-corrected chi connectivity index (χ1v) is 7.31. The predicted molar refractivity (Wildman–Crippen MR) is 83.1 cm³/mol. The van der Waals surface area contributed by atoms with Gasteiger partial charge in [0.2, 0.25) is 0 Å². The maximum atomic E-state index is 4.62. The number of benzene rings is 1. The molecule has 1 heterocycles. The second-order valence-electron chi connectivity index (χ2n) is 4.60. The standard InChI is InChI=1S/C15H19BrN2/c1-4-14-9-13-7-5-6-8-15(13)18(14)10-17-12(3)11(2)16/h5-12H,4H2,1-3H3/t11-,12?/m1/s1. The SMILES string of the molecule is CCc1cc2ccccc2n1C=NC(C)[C@@H](C)Br.